The first kappa shape index (κ1) is 13.6. The van der Waals surface area contributed by atoms with Crippen molar-refractivity contribution in [3.05, 3.63) is 0 Å². The number of rotatable bonds is 0. The van der Waals surface area contributed by atoms with E-state index >= 15 is 0 Å². The van der Waals surface area contributed by atoms with Crippen molar-refractivity contribution < 1.29 is 32.6 Å². The first-order chi connectivity index (χ1) is 6.70. The second kappa shape index (κ2) is 4.89. The smallest absolute Gasteiger partial charge is 0.458 e. The van der Waals surface area contributed by atoms with Gasteiger partial charge in [0, 0.05) is 0 Å². The molecule has 0 rings (SSSR count). The number of carbonyl (C=O) groups is 3. The summed E-state index contributed by atoms with van der Waals surface area (Å²) in [4.78, 5) is 37.4. The lowest BCUT2D eigenvalue weighted by atomic mass is 10.6. The predicted molar refractivity (Wildman–Crippen MR) is 49.2 cm³/mol. The molecule has 0 heterocycles. The summed E-state index contributed by atoms with van der Waals surface area (Å²) in [5.41, 5.74) is 0. The van der Waals surface area contributed by atoms with Crippen molar-refractivity contribution in [1.82, 2.24) is 0 Å². The number of quaternary nitrogens is 1. The molecule has 0 aliphatic heterocycles. The molecule has 8 heteroatoms. The lowest BCUT2D eigenvalue weighted by Crippen LogP contribution is -2.44. The van der Waals surface area contributed by atoms with Gasteiger partial charge in [-0.05, 0) is 0 Å². The van der Waals surface area contributed by atoms with Gasteiger partial charge in [0.2, 0.25) is 0 Å². The number of hydrogen-bond acceptors (Lipinski definition) is 6. The summed E-state index contributed by atoms with van der Waals surface area (Å²) in [5, 5.41) is 0. The molecular weight excluding hydrogens is 224 g/mol. The molecule has 84 valence electrons. The van der Waals surface area contributed by atoms with E-state index in [4.69, 9.17) is 0 Å². The highest BCUT2D eigenvalue weighted by atomic mass is 32.1. The number of amides is 2. The predicted octanol–water partition coefficient (Wildman–Crippen LogP) is -0.813. The molecule has 0 spiro atoms. The van der Waals surface area contributed by atoms with Gasteiger partial charge in [-0.2, -0.15) is 4.79 Å². The Hall–Kier alpha value is -1.41. The van der Waals surface area contributed by atoms with E-state index in [-0.39, 0.29) is 8.59 Å². The Morgan fingerprint density at radius 2 is 1.67 bits per heavy atom. The Kier molecular flexibility index (Phi) is 4.43. The van der Waals surface area contributed by atoms with Crippen LogP contribution in [0, 0.1) is 0 Å². The molecule has 0 aromatic rings. The molecule has 0 fully saturated rings. The van der Waals surface area contributed by atoms with Crippen molar-refractivity contribution in [1.29, 1.82) is 0 Å². The van der Waals surface area contributed by atoms with Gasteiger partial charge in [0.1, 0.15) is 0 Å². The minimum absolute atomic E-state index is 0.123. The van der Waals surface area contributed by atoms with Crippen molar-refractivity contribution in [3.63, 3.8) is 0 Å². The van der Waals surface area contributed by atoms with Crippen molar-refractivity contribution in [2.45, 2.75) is 0 Å². The van der Waals surface area contributed by atoms with E-state index in [1.165, 1.54) is 21.1 Å². The number of hydrogen-bond donors (Lipinski definition) is 0. The molecular formula is C7H12N2O5S+2. The van der Waals surface area contributed by atoms with Crippen molar-refractivity contribution >= 4 is 30.4 Å². The van der Waals surface area contributed by atoms with Gasteiger partial charge in [0.25, 0.3) is 0 Å². The van der Waals surface area contributed by atoms with Crippen molar-refractivity contribution in [2.24, 2.45) is 0 Å². The fourth-order valence-corrected chi connectivity index (χ4v) is 0.535. The molecule has 0 aromatic carbocycles. The van der Waals surface area contributed by atoms with Crippen molar-refractivity contribution in [2.75, 3.05) is 28.3 Å². The average molecular weight is 236 g/mol. The standard InChI is InChI=1S/C7H12N2O5S/c1-9(2,3)7(12)14-8(15)5(10)6(11)13-4/h1-4H3/q+2. The Morgan fingerprint density at radius 3 is 2.00 bits per heavy atom. The van der Waals surface area contributed by atoms with Crippen LogP contribution in [0.3, 0.4) is 0 Å². The largest absolute Gasteiger partial charge is 0.577 e. The molecule has 0 atom stereocenters. The molecule has 2 amide bonds. The lowest BCUT2D eigenvalue weighted by Gasteiger charge is -2.14. The topological polar surface area (TPSA) is 72.7 Å². The van der Waals surface area contributed by atoms with Gasteiger partial charge in [0.15, 0.2) is 4.11 Å². The third-order valence-corrected chi connectivity index (χ3v) is 1.47. The van der Waals surface area contributed by atoms with Crippen LogP contribution in [0.15, 0.2) is 0 Å². The zero-order valence-corrected chi connectivity index (χ0v) is 9.66. The quantitative estimate of drug-likeness (QED) is 0.180. The lowest BCUT2D eigenvalue weighted by molar-refractivity contribution is -0.827. The molecule has 0 bridgehead atoms. The maximum absolute atomic E-state index is 11.2. The molecule has 0 N–H and O–H groups in total. The van der Waals surface area contributed by atoms with E-state index in [9.17, 15) is 14.4 Å². The van der Waals surface area contributed by atoms with Crippen LogP contribution in [0.1, 0.15) is 0 Å². The first-order valence-electron chi connectivity index (χ1n) is 3.83. The fourth-order valence-electron chi connectivity index (χ4n) is 0.397. The summed E-state index contributed by atoms with van der Waals surface area (Å²) in [6, 6.07) is 0. The Balaban J connectivity index is 4.46. The first-order valence-corrected chi connectivity index (χ1v) is 4.20. The van der Waals surface area contributed by atoms with E-state index < -0.39 is 18.0 Å². The van der Waals surface area contributed by atoms with E-state index in [0.717, 1.165) is 7.11 Å². The second-order valence-corrected chi connectivity index (χ2v) is 3.76. The summed E-state index contributed by atoms with van der Waals surface area (Å²) < 4.78 is 4.04. The van der Waals surface area contributed by atoms with E-state index in [1.54, 1.807) is 0 Å². The van der Waals surface area contributed by atoms with Gasteiger partial charge < -0.3 is 4.74 Å². The highest BCUT2D eigenvalue weighted by Gasteiger charge is 2.38. The van der Waals surface area contributed by atoms with Gasteiger partial charge in [-0.1, -0.05) is 0 Å². The van der Waals surface area contributed by atoms with Crippen LogP contribution in [-0.2, 0) is 31.6 Å². The molecule has 0 aliphatic rings. The monoisotopic (exact) mass is 236 g/mol. The van der Waals surface area contributed by atoms with Crippen LogP contribution < -0.4 is 0 Å². The van der Waals surface area contributed by atoms with E-state index in [0.29, 0.717) is 0 Å². The van der Waals surface area contributed by atoms with E-state index in [1.807, 2.05) is 0 Å². The Bertz CT molecular complexity index is 320. The van der Waals surface area contributed by atoms with Crippen molar-refractivity contribution in [3.8, 4) is 0 Å². The molecule has 0 saturated heterocycles. The second-order valence-electron chi connectivity index (χ2n) is 3.42. The molecule has 15 heavy (non-hydrogen) atoms. The van der Waals surface area contributed by atoms with Gasteiger partial charge in [-0.15, -0.1) is 4.84 Å². The average Bonchev–Trinajstić information content (AvgIpc) is 2.13. The highest BCUT2D eigenvalue weighted by Crippen LogP contribution is 1.97. The summed E-state index contributed by atoms with van der Waals surface area (Å²) in [6.07, 6.45) is -0.776. The number of methoxy groups -OCH3 is 1. The van der Waals surface area contributed by atoms with Crippen LogP contribution in [0.2, 0.25) is 0 Å². The third kappa shape index (κ3) is 4.09. The van der Waals surface area contributed by atoms with Gasteiger partial charge >= 0.3 is 30.4 Å². The number of hydroxylamine groups is 1. The summed E-state index contributed by atoms with van der Waals surface area (Å²) in [7, 11) is 5.58. The Labute approximate surface area is 91.9 Å². The number of ether oxygens (including phenoxy) is 1. The number of nitrogens with zero attached hydrogens (tertiary/aromatic N) is 2. The zero-order valence-electron chi connectivity index (χ0n) is 8.84. The van der Waals surface area contributed by atoms with Crippen LogP contribution in [0.25, 0.3) is 0 Å². The summed E-state index contributed by atoms with van der Waals surface area (Å²) in [6.45, 7) is 0. The molecule has 0 unspecified atom stereocenters. The van der Waals surface area contributed by atoms with Gasteiger partial charge in [-0.25, -0.2) is 14.1 Å². The van der Waals surface area contributed by atoms with Crippen LogP contribution >= 0.6 is 0 Å². The SMILES string of the molecule is COC(=O)C(=O)[N+](=S)OC(=O)[N+](C)(C)C. The number of esters is 1. The number of carbonyl (C=O) groups excluding carboxylic acids is 3. The maximum Gasteiger partial charge on any atom is 0.577 e. The van der Waals surface area contributed by atoms with E-state index in [2.05, 4.69) is 22.0 Å². The summed E-state index contributed by atoms with van der Waals surface area (Å²) >= 11 is 4.38. The minimum atomic E-state index is -1.23. The summed E-state index contributed by atoms with van der Waals surface area (Å²) in [5.74, 6) is -2.42. The molecule has 0 radical (unpaired) electrons. The van der Waals surface area contributed by atoms with Gasteiger partial charge in [0.05, 0.1) is 28.3 Å². The third-order valence-electron chi connectivity index (χ3n) is 1.23. The molecule has 7 nitrogen and oxygen atoms in total. The minimum Gasteiger partial charge on any atom is -0.458 e. The zero-order chi connectivity index (χ0) is 12.2. The molecule has 0 aromatic heterocycles. The maximum atomic E-state index is 11.2. The van der Waals surface area contributed by atoms with Crippen LogP contribution in [0.4, 0.5) is 4.79 Å². The van der Waals surface area contributed by atoms with Gasteiger partial charge in [-0.3, -0.25) is 0 Å². The molecule has 0 saturated carbocycles. The fraction of sp³-hybridized carbons (Fsp3) is 0.571. The Morgan fingerprint density at radius 1 is 1.20 bits per heavy atom. The van der Waals surface area contributed by atoms with Crippen LogP contribution in [-0.4, -0.2) is 54.8 Å². The van der Waals surface area contributed by atoms with Crippen LogP contribution in [0.5, 0.6) is 0 Å². The normalized spacial score (nSPS) is 10.4. The highest BCUT2D eigenvalue weighted by molar-refractivity contribution is 7.44. The molecule has 0 aliphatic carbocycles.